The molecule has 1 saturated heterocycles. The van der Waals surface area contributed by atoms with Crippen LogP contribution in [0.1, 0.15) is 44.1 Å². The number of carbonyl (C=O) groups is 2. The van der Waals surface area contributed by atoms with E-state index in [1.807, 2.05) is 0 Å². The Morgan fingerprint density at radius 2 is 2.09 bits per heavy atom. The van der Waals surface area contributed by atoms with Crippen LogP contribution in [0.3, 0.4) is 0 Å². The Balaban J connectivity index is 1.68. The molecular weight excluding hydrogens is 444 g/mol. The summed E-state index contributed by atoms with van der Waals surface area (Å²) < 4.78 is 43.0. The summed E-state index contributed by atoms with van der Waals surface area (Å²) in [5.74, 6) is 0.500. The van der Waals surface area contributed by atoms with Gasteiger partial charge in [-0.3, -0.25) is 4.55 Å². The van der Waals surface area contributed by atoms with Crippen molar-refractivity contribution in [2.45, 2.75) is 38.5 Å². The predicted octanol–water partition coefficient (Wildman–Crippen LogP) is 1.36. The maximum atomic E-state index is 12.8. The third-order valence-electron chi connectivity index (χ3n) is 4.81. The van der Waals surface area contributed by atoms with Crippen LogP contribution in [0.2, 0.25) is 0 Å². The lowest BCUT2D eigenvalue weighted by molar-refractivity contribution is -0.0317. The second-order valence-corrected chi connectivity index (χ2v) is 9.28. The number of fused-ring (bicyclic) bond motifs is 4. The SMILES string of the molecule is CC(C)(C)OC(=O)NCC1c2nn(-c3ccccn3)cc2[C@H]2CN1C(=O)N2OS(=O)(=O)O. The minimum absolute atomic E-state index is 0.0423. The second kappa shape index (κ2) is 7.72. The van der Waals surface area contributed by atoms with Crippen molar-refractivity contribution in [3.8, 4) is 5.82 Å². The van der Waals surface area contributed by atoms with E-state index >= 15 is 0 Å². The quantitative estimate of drug-likeness (QED) is 0.621. The summed E-state index contributed by atoms with van der Waals surface area (Å²) in [4.78, 5) is 30.5. The lowest BCUT2D eigenvalue weighted by Crippen LogP contribution is -2.42. The molecule has 4 rings (SSSR count). The molecule has 0 saturated carbocycles. The minimum Gasteiger partial charge on any atom is -0.444 e. The van der Waals surface area contributed by atoms with Crippen molar-refractivity contribution in [3.05, 3.63) is 41.9 Å². The number of urea groups is 1. The number of rotatable bonds is 5. The molecule has 4 heterocycles. The summed E-state index contributed by atoms with van der Waals surface area (Å²) in [6.07, 6.45) is 2.52. The van der Waals surface area contributed by atoms with Crippen molar-refractivity contribution in [2.75, 3.05) is 13.1 Å². The number of carbonyl (C=O) groups excluding carboxylic acids is 2. The van der Waals surface area contributed by atoms with Gasteiger partial charge in [-0.05, 0) is 32.9 Å². The number of nitrogens with one attached hydrogen (secondary N) is 1. The van der Waals surface area contributed by atoms with Crippen LogP contribution in [0.15, 0.2) is 30.6 Å². The van der Waals surface area contributed by atoms with Crippen LogP contribution in [-0.4, -0.2) is 68.5 Å². The number of hydrogen-bond donors (Lipinski definition) is 2. The lowest BCUT2D eigenvalue weighted by atomic mass is 9.98. The van der Waals surface area contributed by atoms with Crippen LogP contribution >= 0.6 is 0 Å². The van der Waals surface area contributed by atoms with Crippen LogP contribution in [0.4, 0.5) is 9.59 Å². The fourth-order valence-electron chi connectivity index (χ4n) is 3.64. The van der Waals surface area contributed by atoms with Gasteiger partial charge in [0, 0.05) is 24.5 Å². The molecule has 14 heteroatoms. The second-order valence-electron chi connectivity index (χ2n) is 8.28. The van der Waals surface area contributed by atoms with Gasteiger partial charge in [0.1, 0.15) is 11.6 Å². The van der Waals surface area contributed by atoms with Gasteiger partial charge in [-0.1, -0.05) is 6.07 Å². The molecule has 0 spiro atoms. The Morgan fingerprint density at radius 1 is 1.34 bits per heavy atom. The third-order valence-corrected chi connectivity index (χ3v) is 5.16. The molecule has 1 unspecified atom stereocenters. The molecule has 1 fully saturated rings. The summed E-state index contributed by atoms with van der Waals surface area (Å²) in [6, 6.07) is 2.89. The molecule has 13 nitrogen and oxygen atoms in total. The van der Waals surface area contributed by atoms with Gasteiger partial charge in [0.15, 0.2) is 5.82 Å². The van der Waals surface area contributed by atoms with E-state index in [2.05, 4.69) is 19.7 Å². The molecule has 2 aliphatic rings. The van der Waals surface area contributed by atoms with E-state index in [0.717, 1.165) is 0 Å². The Labute approximate surface area is 183 Å². The van der Waals surface area contributed by atoms with Crippen LogP contribution in [0, 0.1) is 0 Å². The summed E-state index contributed by atoms with van der Waals surface area (Å²) in [5, 5.41) is 7.74. The summed E-state index contributed by atoms with van der Waals surface area (Å²) in [6.45, 7) is 5.19. The van der Waals surface area contributed by atoms with Gasteiger partial charge in [0.05, 0.1) is 18.3 Å². The maximum absolute atomic E-state index is 12.8. The van der Waals surface area contributed by atoms with Gasteiger partial charge < -0.3 is 15.0 Å². The average Bonchev–Trinajstić information content (AvgIpc) is 3.23. The molecule has 2 bridgehead atoms. The Bertz CT molecular complexity index is 1140. The Hall–Kier alpha value is -3.23. The highest BCUT2D eigenvalue weighted by atomic mass is 32.3. The molecule has 2 atom stereocenters. The smallest absolute Gasteiger partial charge is 0.418 e. The van der Waals surface area contributed by atoms with Gasteiger partial charge in [-0.25, -0.2) is 19.3 Å². The zero-order valence-corrected chi connectivity index (χ0v) is 18.3. The van der Waals surface area contributed by atoms with Crippen molar-refractivity contribution in [1.29, 1.82) is 0 Å². The first-order valence-electron chi connectivity index (χ1n) is 9.67. The van der Waals surface area contributed by atoms with Gasteiger partial charge in [0.2, 0.25) is 0 Å². The number of nitrogens with zero attached hydrogens (tertiary/aromatic N) is 5. The van der Waals surface area contributed by atoms with Crippen molar-refractivity contribution >= 4 is 22.5 Å². The molecule has 0 radical (unpaired) electrons. The maximum Gasteiger partial charge on any atom is 0.418 e. The minimum atomic E-state index is -4.94. The summed E-state index contributed by atoms with van der Waals surface area (Å²) in [5.41, 5.74) is 0.215. The van der Waals surface area contributed by atoms with E-state index in [1.165, 1.54) is 9.58 Å². The van der Waals surface area contributed by atoms with Crippen LogP contribution in [-0.2, 0) is 19.4 Å². The first kappa shape index (κ1) is 22.0. The molecule has 0 aliphatic carbocycles. The fraction of sp³-hybridized carbons (Fsp3) is 0.444. The highest BCUT2D eigenvalue weighted by Crippen LogP contribution is 2.43. The fourth-order valence-corrected chi connectivity index (χ4v) is 4.01. The highest BCUT2D eigenvalue weighted by Gasteiger charge is 2.51. The molecule has 172 valence electrons. The van der Waals surface area contributed by atoms with Crippen LogP contribution in [0.5, 0.6) is 0 Å². The number of hydrogen-bond acceptors (Lipinski definition) is 8. The number of pyridine rings is 1. The van der Waals surface area contributed by atoms with Crippen LogP contribution < -0.4 is 5.32 Å². The first-order chi connectivity index (χ1) is 14.9. The Kier molecular flexibility index (Phi) is 5.30. The molecule has 2 aromatic rings. The normalized spacial score (nSPS) is 20.3. The summed E-state index contributed by atoms with van der Waals surface area (Å²) in [7, 11) is -4.94. The molecule has 2 aromatic heterocycles. The molecule has 3 amide bonds. The van der Waals surface area contributed by atoms with Crippen molar-refractivity contribution in [2.24, 2.45) is 0 Å². The van der Waals surface area contributed by atoms with E-state index in [4.69, 9.17) is 9.29 Å². The monoisotopic (exact) mass is 466 g/mol. The number of ether oxygens (including phenoxy) is 1. The van der Waals surface area contributed by atoms with E-state index in [9.17, 15) is 18.0 Å². The highest BCUT2D eigenvalue weighted by molar-refractivity contribution is 7.80. The average molecular weight is 466 g/mol. The van der Waals surface area contributed by atoms with Crippen LogP contribution in [0.25, 0.3) is 5.82 Å². The van der Waals surface area contributed by atoms with Crippen molar-refractivity contribution < 1.29 is 31.6 Å². The van der Waals surface area contributed by atoms with E-state index in [0.29, 0.717) is 22.1 Å². The van der Waals surface area contributed by atoms with Gasteiger partial charge in [-0.15, -0.1) is 4.28 Å². The lowest BCUT2D eigenvalue weighted by Gasteiger charge is -2.30. The van der Waals surface area contributed by atoms with Crippen molar-refractivity contribution in [3.63, 3.8) is 0 Å². The number of amides is 3. The van der Waals surface area contributed by atoms with Gasteiger partial charge in [0.25, 0.3) is 0 Å². The molecule has 0 aromatic carbocycles. The number of alkyl carbamates (subject to hydrolysis) is 1. The van der Waals surface area contributed by atoms with E-state index < -0.39 is 40.2 Å². The first-order valence-corrected chi connectivity index (χ1v) is 11.0. The summed E-state index contributed by atoms with van der Waals surface area (Å²) >= 11 is 0. The zero-order chi connectivity index (χ0) is 23.3. The topological polar surface area (TPSA) is 156 Å². The van der Waals surface area contributed by atoms with Gasteiger partial charge in [-0.2, -0.15) is 18.6 Å². The van der Waals surface area contributed by atoms with E-state index in [1.54, 1.807) is 51.4 Å². The number of hydroxylamine groups is 2. The zero-order valence-electron chi connectivity index (χ0n) is 17.5. The van der Waals surface area contributed by atoms with E-state index in [-0.39, 0.29) is 13.1 Å². The van der Waals surface area contributed by atoms with Gasteiger partial charge >= 0.3 is 22.5 Å². The Morgan fingerprint density at radius 3 is 2.72 bits per heavy atom. The van der Waals surface area contributed by atoms with Crippen molar-refractivity contribution in [1.82, 2.24) is 30.0 Å². The standard InChI is InChI=1S/C18H22N6O7S/c1-18(2,3)30-16(25)20-8-12-15-11(9-23(21-15)14-6-4-5-7-19-14)13-10-22(12)17(26)24(13)31-32(27,28)29/h4-7,9,12-13H,8,10H2,1-3H3,(H,20,25)(H,27,28,29)/t12?,13-/m1/s1. The molecule has 32 heavy (non-hydrogen) atoms. The molecule has 2 N–H and O–H groups in total. The predicted molar refractivity (Wildman–Crippen MR) is 108 cm³/mol. The molecule has 2 aliphatic heterocycles. The third kappa shape index (κ3) is 4.37. The number of aromatic nitrogens is 3. The largest absolute Gasteiger partial charge is 0.444 e. The molecular formula is C18H22N6O7S.